The number of carbonyl (C=O) groups excluding carboxylic acids is 2. The van der Waals surface area contributed by atoms with Crippen molar-refractivity contribution in [1.82, 2.24) is 10.2 Å². The fraction of sp³-hybridized carbons (Fsp3) is 0.259. The van der Waals surface area contributed by atoms with Crippen molar-refractivity contribution in [2.24, 2.45) is 0 Å². The van der Waals surface area contributed by atoms with Gasteiger partial charge in [-0.2, -0.15) is 0 Å². The molecule has 5 heteroatoms. The lowest BCUT2D eigenvalue weighted by Crippen LogP contribution is -2.49. The van der Waals surface area contributed by atoms with E-state index >= 15 is 0 Å². The van der Waals surface area contributed by atoms with E-state index < -0.39 is 0 Å². The molecular weight excluding hydrogens is 398 g/mol. The second-order valence-electron chi connectivity index (χ2n) is 8.24. The molecule has 2 amide bonds. The van der Waals surface area contributed by atoms with Gasteiger partial charge in [-0.25, -0.2) is 0 Å². The van der Waals surface area contributed by atoms with E-state index in [-0.39, 0.29) is 11.8 Å². The van der Waals surface area contributed by atoms with Gasteiger partial charge in [0.05, 0.1) is 0 Å². The normalized spacial score (nSPS) is 13.7. The van der Waals surface area contributed by atoms with Crippen LogP contribution < -0.4 is 10.2 Å². The van der Waals surface area contributed by atoms with Gasteiger partial charge in [-0.3, -0.25) is 9.59 Å². The van der Waals surface area contributed by atoms with Gasteiger partial charge in [0.25, 0.3) is 11.8 Å². The zero-order valence-corrected chi connectivity index (χ0v) is 18.7. The highest BCUT2D eigenvalue weighted by Gasteiger charge is 2.23. The van der Waals surface area contributed by atoms with Crippen LogP contribution in [0.1, 0.15) is 37.4 Å². The zero-order chi connectivity index (χ0) is 22.5. The first-order chi connectivity index (χ1) is 15.5. The minimum atomic E-state index is -0.104. The summed E-state index contributed by atoms with van der Waals surface area (Å²) >= 11 is 0. The van der Waals surface area contributed by atoms with Gasteiger partial charge in [-0.15, -0.1) is 0 Å². The molecule has 1 aliphatic rings. The van der Waals surface area contributed by atoms with Crippen LogP contribution in [0.25, 0.3) is 0 Å². The molecule has 0 aliphatic carbocycles. The van der Waals surface area contributed by atoms with E-state index in [1.54, 1.807) is 12.1 Å². The van der Waals surface area contributed by atoms with Gasteiger partial charge >= 0.3 is 0 Å². The van der Waals surface area contributed by atoms with Crippen molar-refractivity contribution in [3.63, 3.8) is 0 Å². The summed E-state index contributed by atoms with van der Waals surface area (Å²) in [4.78, 5) is 29.4. The maximum absolute atomic E-state index is 13.0. The lowest BCUT2D eigenvalue weighted by molar-refractivity contribution is 0.0746. The average molecular weight is 428 g/mol. The molecule has 3 aromatic carbocycles. The molecule has 1 aliphatic heterocycles. The molecule has 1 heterocycles. The Labute approximate surface area is 189 Å². The standard InChI is InChI=1S/C27H29N3O2/c1-20-7-6-10-25(21(20)2)29-15-17-30(18-16-29)27(32)24-13-11-22(12-14-24)19-28-26(31)23-8-4-3-5-9-23/h3-14H,15-19H2,1-2H3,(H,28,31). The Balaban J connectivity index is 1.31. The highest BCUT2D eigenvalue weighted by molar-refractivity contribution is 5.95. The monoisotopic (exact) mass is 427 g/mol. The van der Waals surface area contributed by atoms with Gasteiger partial charge < -0.3 is 15.1 Å². The Hall–Kier alpha value is -3.60. The van der Waals surface area contributed by atoms with E-state index in [2.05, 4.69) is 42.3 Å². The van der Waals surface area contributed by atoms with Gasteiger partial charge in [0.2, 0.25) is 0 Å². The molecule has 3 aromatic rings. The molecule has 0 unspecified atom stereocenters. The van der Waals surface area contributed by atoms with E-state index in [9.17, 15) is 9.59 Å². The molecular formula is C27H29N3O2. The summed E-state index contributed by atoms with van der Waals surface area (Å²) < 4.78 is 0. The number of nitrogens with zero attached hydrogens (tertiary/aromatic N) is 2. The molecule has 32 heavy (non-hydrogen) atoms. The van der Waals surface area contributed by atoms with Crippen LogP contribution in [0.2, 0.25) is 0 Å². The predicted octanol–water partition coefficient (Wildman–Crippen LogP) is 4.20. The summed E-state index contributed by atoms with van der Waals surface area (Å²) in [5, 5.41) is 2.92. The van der Waals surface area contributed by atoms with Crippen molar-refractivity contribution in [2.75, 3.05) is 31.1 Å². The summed E-state index contributed by atoms with van der Waals surface area (Å²) in [5.41, 5.74) is 6.15. The molecule has 5 nitrogen and oxygen atoms in total. The van der Waals surface area contributed by atoms with Crippen molar-refractivity contribution < 1.29 is 9.59 Å². The minimum Gasteiger partial charge on any atom is -0.368 e. The van der Waals surface area contributed by atoms with Crippen molar-refractivity contribution in [2.45, 2.75) is 20.4 Å². The van der Waals surface area contributed by atoms with E-state index in [4.69, 9.17) is 0 Å². The Kier molecular flexibility index (Phi) is 6.55. The first kappa shape index (κ1) is 21.6. The zero-order valence-electron chi connectivity index (χ0n) is 18.7. The van der Waals surface area contributed by atoms with Crippen LogP contribution >= 0.6 is 0 Å². The largest absolute Gasteiger partial charge is 0.368 e. The Morgan fingerprint density at radius 1 is 0.781 bits per heavy atom. The van der Waals surface area contributed by atoms with Crippen LogP contribution in [-0.2, 0) is 6.54 Å². The quantitative estimate of drug-likeness (QED) is 0.664. The maximum atomic E-state index is 13.0. The molecule has 1 saturated heterocycles. The first-order valence-electron chi connectivity index (χ1n) is 11.1. The summed E-state index contributed by atoms with van der Waals surface area (Å²) in [6, 6.07) is 23.1. The molecule has 0 radical (unpaired) electrons. The number of hydrogen-bond acceptors (Lipinski definition) is 3. The highest BCUT2D eigenvalue weighted by Crippen LogP contribution is 2.24. The predicted molar refractivity (Wildman–Crippen MR) is 128 cm³/mol. The second kappa shape index (κ2) is 9.69. The third-order valence-corrected chi connectivity index (χ3v) is 6.17. The van der Waals surface area contributed by atoms with Crippen LogP contribution in [-0.4, -0.2) is 42.9 Å². The van der Waals surface area contributed by atoms with Crippen LogP contribution in [0, 0.1) is 13.8 Å². The number of nitrogens with one attached hydrogen (secondary N) is 1. The van der Waals surface area contributed by atoms with Crippen LogP contribution in [0.5, 0.6) is 0 Å². The van der Waals surface area contributed by atoms with E-state index in [0.29, 0.717) is 30.8 Å². The van der Waals surface area contributed by atoms with Crippen molar-refractivity contribution in [3.05, 3.63) is 101 Å². The smallest absolute Gasteiger partial charge is 0.253 e. The second-order valence-corrected chi connectivity index (χ2v) is 8.24. The number of amides is 2. The molecule has 164 valence electrons. The van der Waals surface area contributed by atoms with Gasteiger partial charge in [0, 0.05) is 49.5 Å². The lowest BCUT2D eigenvalue weighted by Gasteiger charge is -2.37. The van der Waals surface area contributed by atoms with E-state index in [0.717, 1.165) is 18.7 Å². The number of aryl methyl sites for hydroxylation is 1. The van der Waals surface area contributed by atoms with E-state index in [1.165, 1.54) is 16.8 Å². The Morgan fingerprint density at radius 2 is 1.47 bits per heavy atom. The lowest BCUT2D eigenvalue weighted by atomic mass is 10.1. The Bertz CT molecular complexity index is 1090. The average Bonchev–Trinajstić information content (AvgIpc) is 2.85. The third-order valence-electron chi connectivity index (χ3n) is 6.17. The highest BCUT2D eigenvalue weighted by atomic mass is 16.2. The number of carbonyl (C=O) groups is 2. The van der Waals surface area contributed by atoms with Crippen LogP contribution in [0.15, 0.2) is 72.8 Å². The molecule has 4 rings (SSSR count). The maximum Gasteiger partial charge on any atom is 0.253 e. The van der Waals surface area contributed by atoms with Crippen LogP contribution in [0.4, 0.5) is 5.69 Å². The van der Waals surface area contributed by atoms with Gasteiger partial charge in [-0.1, -0.05) is 42.5 Å². The minimum absolute atomic E-state index is 0.0606. The third kappa shape index (κ3) is 4.83. The molecule has 1 fully saturated rings. The summed E-state index contributed by atoms with van der Waals surface area (Å²) in [5.74, 6) is -0.0436. The van der Waals surface area contributed by atoms with Gasteiger partial charge in [0.1, 0.15) is 0 Å². The molecule has 0 atom stereocenters. The number of rotatable bonds is 5. The number of anilines is 1. The summed E-state index contributed by atoms with van der Waals surface area (Å²) in [6.07, 6.45) is 0. The molecule has 0 saturated carbocycles. The first-order valence-corrected chi connectivity index (χ1v) is 11.1. The summed E-state index contributed by atoms with van der Waals surface area (Å²) in [6.45, 7) is 7.81. The van der Waals surface area contributed by atoms with Gasteiger partial charge in [0.15, 0.2) is 0 Å². The number of benzene rings is 3. The van der Waals surface area contributed by atoms with Crippen molar-refractivity contribution in [3.8, 4) is 0 Å². The van der Waals surface area contributed by atoms with Crippen LogP contribution in [0.3, 0.4) is 0 Å². The molecule has 0 bridgehead atoms. The Morgan fingerprint density at radius 3 is 2.16 bits per heavy atom. The van der Waals surface area contributed by atoms with Crippen molar-refractivity contribution >= 4 is 17.5 Å². The molecule has 0 spiro atoms. The molecule has 0 aromatic heterocycles. The SMILES string of the molecule is Cc1cccc(N2CCN(C(=O)c3ccc(CNC(=O)c4ccccc4)cc3)CC2)c1C. The summed E-state index contributed by atoms with van der Waals surface area (Å²) in [7, 11) is 0. The fourth-order valence-electron chi connectivity index (χ4n) is 4.05. The number of hydrogen-bond donors (Lipinski definition) is 1. The number of piperazine rings is 1. The fourth-order valence-corrected chi connectivity index (χ4v) is 4.05. The van der Waals surface area contributed by atoms with E-state index in [1.807, 2.05) is 47.4 Å². The molecule has 1 N–H and O–H groups in total. The van der Waals surface area contributed by atoms with Crippen molar-refractivity contribution in [1.29, 1.82) is 0 Å². The topological polar surface area (TPSA) is 52.6 Å². The van der Waals surface area contributed by atoms with Gasteiger partial charge in [-0.05, 0) is 60.9 Å².